The van der Waals surface area contributed by atoms with Crippen LogP contribution in [0.25, 0.3) is 0 Å². The predicted octanol–water partition coefficient (Wildman–Crippen LogP) is 2.63. The number of carbonyl (C=O) groups excluding carboxylic acids is 1. The molecule has 2 nitrogen and oxygen atoms in total. The van der Waals surface area contributed by atoms with Crippen molar-refractivity contribution < 1.29 is 9.53 Å². The highest BCUT2D eigenvalue weighted by Crippen LogP contribution is 2.22. The molecule has 72 valence electrons. The van der Waals surface area contributed by atoms with E-state index in [9.17, 15) is 4.79 Å². The topological polar surface area (TPSA) is 26.3 Å². The Morgan fingerprint density at radius 3 is 2.86 bits per heavy atom. The van der Waals surface area contributed by atoms with Crippen LogP contribution in [0.4, 0.5) is 0 Å². The Kier molecular flexibility index (Phi) is 3.99. The number of halogens is 2. The molecule has 1 aromatic rings. The van der Waals surface area contributed by atoms with Crippen molar-refractivity contribution >= 4 is 33.5 Å². The van der Waals surface area contributed by atoms with Crippen LogP contribution in [-0.2, 0) is 9.53 Å². The molecule has 0 radical (unpaired) electrons. The van der Waals surface area contributed by atoms with Crippen molar-refractivity contribution in [1.29, 1.82) is 0 Å². The standard InChI is InChI=1S/C10H6BrClO2/c1-14-10(13)5-3-7-2-4-9(12)8(11)6-7/h2,4,6H,1H3. The lowest BCUT2D eigenvalue weighted by molar-refractivity contribution is -0.133. The van der Waals surface area contributed by atoms with Crippen molar-refractivity contribution in [2.75, 3.05) is 7.11 Å². The zero-order chi connectivity index (χ0) is 10.6. The van der Waals surface area contributed by atoms with Crippen LogP contribution in [0, 0.1) is 11.8 Å². The lowest BCUT2D eigenvalue weighted by Crippen LogP contribution is -1.94. The van der Waals surface area contributed by atoms with Gasteiger partial charge in [-0.25, -0.2) is 4.79 Å². The van der Waals surface area contributed by atoms with E-state index in [-0.39, 0.29) is 0 Å². The summed E-state index contributed by atoms with van der Waals surface area (Å²) < 4.78 is 5.12. The molecule has 0 unspecified atom stereocenters. The quantitative estimate of drug-likeness (QED) is 0.536. The van der Waals surface area contributed by atoms with Gasteiger partial charge in [0.2, 0.25) is 0 Å². The normalized spacial score (nSPS) is 8.79. The van der Waals surface area contributed by atoms with Gasteiger partial charge in [-0.1, -0.05) is 17.5 Å². The maximum absolute atomic E-state index is 10.7. The van der Waals surface area contributed by atoms with Crippen molar-refractivity contribution in [3.8, 4) is 11.8 Å². The second-order valence-electron chi connectivity index (χ2n) is 2.37. The molecular formula is C10H6BrClO2. The van der Waals surface area contributed by atoms with E-state index in [0.29, 0.717) is 10.6 Å². The van der Waals surface area contributed by atoms with Gasteiger partial charge in [0.25, 0.3) is 0 Å². The smallest absolute Gasteiger partial charge is 0.384 e. The molecule has 0 aliphatic rings. The van der Waals surface area contributed by atoms with Gasteiger partial charge in [-0.05, 0) is 34.1 Å². The SMILES string of the molecule is COC(=O)C#Cc1ccc(Cl)c(Br)c1. The van der Waals surface area contributed by atoms with Gasteiger partial charge in [-0.15, -0.1) is 0 Å². The van der Waals surface area contributed by atoms with Crippen LogP contribution in [0.3, 0.4) is 0 Å². The molecule has 0 fully saturated rings. The van der Waals surface area contributed by atoms with Crippen LogP contribution in [0.1, 0.15) is 5.56 Å². The number of carbonyl (C=O) groups is 1. The third-order valence-electron chi connectivity index (χ3n) is 1.41. The van der Waals surface area contributed by atoms with E-state index in [2.05, 4.69) is 32.5 Å². The molecular weight excluding hydrogens is 267 g/mol. The molecule has 0 spiro atoms. The van der Waals surface area contributed by atoms with Gasteiger partial charge >= 0.3 is 5.97 Å². The summed E-state index contributed by atoms with van der Waals surface area (Å²) in [5, 5.41) is 0.605. The molecule has 0 saturated heterocycles. The van der Waals surface area contributed by atoms with Crippen LogP contribution >= 0.6 is 27.5 Å². The summed E-state index contributed by atoms with van der Waals surface area (Å²) in [4.78, 5) is 10.7. The Balaban J connectivity index is 2.91. The molecule has 0 N–H and O–H groups in total. The summed E-state index contributed by atoms with van der Waals surface area (Å²) in [6.07, 6.45) is 0. The fourth-order valence-corrected chi connectivity index (χ4v) is 1.24. The molecule has 0 amide bonds. The second kappa shape index (κ2) is 5.04. The van der Waals surface area contributed by atoms with Crippen molar-refractivity contribution in [3.63, 3.8) is 0 Å². The molecule has 14 heavy (non-hydrogen) atoms. The van der Waals surface area contributed by atoms with Crippen LogP contribution in [0.5, 0.6) is 0 Å². The van der Waals surface area contributed by atoms with E-state index in [1.165, 1.54) is 7.11 Å². The summed E-state index contributed by atoms with van der Waals surface area (Å²) >= 11 is 9.04. The highest BCUT2D eigenvalue weighted by atomic mass is 79.9. The molecule has 0 aliphatic heterocycles. The number of benzene rings is 1. The largest absolute Gasteiger partial charge is 0.459 e. The molecule has 4 heteroatoms. The van der Waals surface area contributed by atoms with E-state index in [0.717, 1.165) is 4.47 Å². The van der Waals surface area contributed by atoms with Crippen LogP contribution in [-0.4, -0.2) is 13.1 Å². The Hall–Kier alpha value is -0.980. The minimum atomic E-state index is -0.559. The maximum atomic E-state index is 10.7. The van der Waals surface area contributed by atoms with E-state index < -0.39 is 5.97 Å². The lowest BCUT2D eigenvalue weighted by Gasteiger charge is -1.95. The van der Waals surface area contributed by atoms with Crippen molar-refractivity contribution in [2.45, 2.75) is 0 Å². The molecule has 0 aliphatic carbocycles. The van der Waals surface area contributed by atoms with Crippen molar-refractivity contribution in [3.05, 3.63) is 33.3 Å². The number of methoxy groups -OCH3 is 1. The summed E-state index contributed by atoms with van der Waals surface area (Å²) in [6.45, 7) is 0. The Labute approximate surface area is 95.3 Å². The van der Waals surface area contributed by atoms with E-state index in [1.54, 1.807) is 18.2 Å². The first kappa shape index (κ1) is 11.1. The number of hydrogen-bond donors (Lipinski definition) is 0. The predicted molar refractivity (Wildman–Crippen MR) is 58.0 cm³/mol. The molecule has 0 heterocycles. The lowest BCUT2D eigenvalue weighted by atomic mass is 10.2. The average molecular weight is 274 g/mol. The molecule has 0 aromatic heterocycles. The van der Waals surface area contributed by atoms with Crippen LogP contribution in [0.15, 0.2) is 22.7 Å². The van der Waals surface area contributed by atoms with Gasteiger partial charge in [-0.2, -0.15) is 0 Å². The number of hydrogen-bond acceptors (Lipinski definition) is 2. The minimum Gasteiger partial charge on any atom is -0.459 e. The summed E-state index contributed by atoms with van der Waals surface area (Å²) in [5.41, 5.74) is 0.701. The third-order valence-corrected chi connectivity index (χ3v) is 2.63. The fourth-order valence-electron chi connectivity index (χ4n) is 0.748. The average Bonchev–Trinajstić information content (AvgIpc) is 2.19. The van der Waals surface area contributed by atoms with Crippen LogP contribution in [0.2, 0.25) is 5.02 Å². The Morgan fingerprint density at radius 2 is 2.29 bits per heavy atom. The Bertz CT molecular complexity index is 418. The summed E-state index contributed by atoms with van der Waals surface area (Å²) in [7, 11) is 1.29. The first-order valence-electron chi connectivity index (χ1n) is 3.68. The minimum absolute atomic E-state index is 0.559. The van der Waals surface area contributed by atoms with Crippen LogP contribution < -0.4 is 0 Å². The first-order chi connectivity index (χ1) is 6.63. The highest BCUT2D eigenvalue weighted by Gasteiger charge is 1.96. The number of esters is 1. The monoisotopic (exact) mass is 272 g/mol. The highest BCUT2D eigenvalue weighted by molar-refractivity contribution is 9.10. The number of ether oxygens (including phenoxy) is 1. The van der Waals surface area contributed by atoms with Gasteiger partial charge in [0.05, 0.1) is 12.1 Å². The Morgan fingerprint density at radius 1 is 1.57 bits per heavy atom. The van der Waals surface area contributed by atoms with Gasteiger partial charge in [0.15, 0.2) is 0 Å². The van der Waals surface area contributed by atoms with Gasteiger partial charge in [0, 0.05) is 16.0 Å². The van der Waals surface area contributed by atoms with Crippen molar-refractivity contribution in [2.24, 2.45) is 0 Å². The van der Waals surface area contributed by atoms with E-state index in [4.69, 9.17) is 11.6 Å². The summed E-state index contributed by atoms with van der Waals surface area (Å²) in [6, 6.07) is 5.16. The zero-order valence-corrected chi connectivity index (χ0v) is 9.65. The molecule has 0 atom stereocenters. The first-order valence-corrected chi connectivity index (χ1v) is 4.85. The maximum Gasteiger partial charge on any atom is 0.384 e. The number of rotatable bonds is 0. The fraction of sp³-hybridized carbons (Fsp3) is 0.100. The van der Waals surface area contributed by atoms with Gasteiger partial charge in [-0.3, -0.25) is 0 Å². The third kappa shape index (κ3) is 3.06. The van der Waals surface area contributed by atoms with Gasteiger partial charge in [0.1, 0.15) is 0 Å². The zero-order valence-electron chi connectivity index (χ0n) is 7.30. The molecule has 1 rings (SSSR count). The molecule has 0 saturated carbocycles. The van der Waals surface area contributed by atoms with E-state index >= 15 is 0 Å². The van der Waals surface area contributed by atoms with E-state index in [1.807, 2.05) is 0 Å². The van der Waals surface area contributed by atoms with Gasteiger partial charge < -0.3 is 4.74 Å². The molecule has 1 aromatic carbocycles. The summed E-state index contributed by atoms with van der Waals surface area (Å²) in [5.74, 6) is 4.41. The second-order valence-corrected chi connectivity index (χ2v) is 3.63. The van der Waals surface area contributed by atoms with Crippen molar-refractivity contribution in [1.82, 2.24) is 0 Å². The molecule has 0 bridgehead atoms.